The Morgan fingerprint density at radius 2 is 1.95 bits per heavy atom. The molecule has 0 unspecified atom stereocenters. The van der Waals surface area contributed by atoms with Crippen LogP contribution in [0.5, 0.6) is 0 Å². The molecule has 102 valence electrons. The maximum absolute atomic E-state index is 11.6. The Kier molecular flexibility index (Phi) is 4.52. The predicted molar refractivity (Wildman–Crippen MR) is 70.1 cm³/mol. The molecule has 5 heteroatoms. The minimum Gasteiger partial charge on any atom is -0.368 e. The van der Waals surface area contributed by atoms with Crippen LogP contribution in [0.3, 0.4) is 0 Å². The van der Waals surface area contributed by atoms with Crippen LogP contribution in [0.2, 0.25) is 0 Å². The monoisotopic (exact) mass is 262 g/mol. The number of carbonyl (C=O) groups excluding carboxylic acids is 2. The minimum atomic E-state index is -0.617. The molecule has 2 rings (SSSR count). The van der Waals surface area contributed by atoms with E-state index in [-0.39, 0.29) is 18.9 Å². The zero-order valence-corrected chi connectivity index (χ0v) is 10.8. The van der Waals surface area contributed by atoms with Crippen LogP contribution in [0.1, 0.15) is 29.5 Å². The Morgan fingerprint density at radius 1 is 1.21 bits per heavy atom. The summed E-state index contributed by atoms with van der Waals surface area (Å²) in [7, 11) is 0. The Morgan fingerprint density at radius 3 is 2.68 bits per heavy atom. The molecule has 0 fully saturated rings. The SMILES string of the molecule is NC(=O)CONC(=O)Cc1ccc2c(c1)CCCC2. The smallest absolute Gasteiger partial charge is 0.247 e. The molecule has 0 spiro atoms. The van der Waals surface area contributed by atoms with E-state index in [1.807, 2.05) is 6.07 Å². The molecule has 1 aliphatic rings. The first kappa shape index (κ1) is 13.5. The molecule has 0 atom stereocenters. The summed E-state index contributed by atoms with van der Waals surface area (Å²) in [5, 5.41) is 0. The van der Waals surface area contributed by atoms with Crippen molar-refractivity contribution in [3.63, 3.8) is 0 Å². The molecule has 0 radical (unpaired) electrons. The average molecular weight is 262 g/mol. The van der Waals surface area contributed by atoms with Crippen molar-refractivity contribution in [2.75, 3.05) is 6.61 Å². The lowest BCUT2D eigenvalue weighted by atomic mass is 9.90. The molecule has 1 aliphatic carbocycles. The van der Waals surface area contributed by atoms with Crippen molar-refractivity contribution in [1.82, 2.24) is 5.48 Å². The van der Waals surface area contributed by atoms with E-state index in [1.54, 1.807) is 0 Å². The van der Waals surface area contributed by atoms with Gasteiger partial charge < -0.3 is 5.73 Å². The normalized spacial score (nSPS) is 13.7. The minimum absolute atomic E-state index is 0.242. The van der Waals surface area contributed by atoms with Crippen LogP contribution in [0.4, 0.5) is 0 Å². The summed E-state index contributed by atoms with van der Waals surface area (Å²) in [6.45, 7) is -0.310. The van der Waals surface area contributed by atoms with E-state index >= 15 is 0 Å². The van der Waals surface area contributed by atoms with Gasteiger partial charge in [0.2, 0.25) is 11.8 Å². The quantitative estimate of drug-likeness (QED) is 0.764. The maximum atomic E-state index is 11.6. The second kappa shape index (κ2) is 6.33. The van der Waals surface area contributed by atoms with Gasteiger partial charge in [-0.15, -0.1) is 0 Å². The van der Waals surface area contributed by atoms with Gasteiger partial charge in [-0.1, -0.05) is 18.2 Å². The average Bonchev–Trinajstić information content (AvgIpc) is 2.38. The number of aryl methyl sites for hydroxylation is 2. The molecule has 5 nitrogen and oxygen atoms in total. The second-order valence-corrected chi connectivity index (χ2v) is 4.77. The van der Waals surface area contributed by atoms with Gasteiger partial charge in [-0.3, -0.25) is 14.4 Å². The zero-order valence-electron chi connectivity index (χ0n) is 10.8. The summed E-state index contributed by atoms with van der Waals surface area (Å²) in [4.78, 5) is 26.7. The van der Waals surface area contributed by atoms with Gasteiger partial charge >= 0.3 is 0 Å². The van der Waals surface area contributed by atoms with Crippen LogP contribution in [0.15, 0.2) is 18.2 Å². The molecule has 0 aliphatic heterocycles. The van der Waals surface area contributed by atoms with E-state index in [0.717, 1.165) is 18.4 Å². The first-order valence-electron chi connectivity index (χ1n) is 6.45. The number of rotatable bonds is 5. The van der Waals surface area contributed by atoms with Gasteiger partial charge in [-0.2, -0.15) is 0 Å². The highest BCUT2D eigenvalue weighted by atomic mass is 16.7. The van der Waals surface area contributed by atoms with Crippen molar-refractivity contribution >= 4 is 11.8 Å². The number of hydrogen-bond acceptors (Lipinski definition) is 3. The molecule has 0 saturated heterocycles. The van der Waals surface area contributed by atoms with Gasteiger partial charge in [0, 0.05) is 0 Å². The number of nitrogens with one attached hydrogen (secondary N) is 1. The van der Waals surface area contributed by atoms with Crippen LogP contribution in [-0.2, 0) is 33.7 Å². The number of hydroxylamine groups is 1. The van der Waals surface area contributed by atoms with Crippen molar-refractivity contribution in [2.45, 2.75) is 32.1 Å². The third kappa shape index (κ3) is 4.06. The fourth-order valence-corrected chi connectivity index (χ4v) is 2.31. The molecular weight excluding hydrogens is 244 g/mol. The van der Waals surface area contributed by atoms with E-state index < -0.39 is 5.91 Å². The fourth-order valence-electron chi connectivity index (χ4n) is 2.31. The van der Waals surface area contributed by atoms with Gasteiger partial charge in [-0.05, 0) is 42.4 Å². The lowest BCUT2D eigenvalue weighted by molar-refractivity contribution is -0.137. The number of fused-ring (bicyclic) bond motifs is 1. The van der Waals surface area contributed by atoms with E-state index in [9.17, 15) is 9.59 Å². The second-order valence-electron chi connectivity index (χ2n) is 4.77. The third-order valence-corrected chi connectivity index (χ3v) is 3.18. The van der Waals surface area contributed by atoms with Crippen LogP contribution in [0, 0.1) is 0 Å². The summed E-state index contributed by atoms with van der Waals surface area (Å²) in [6.07, 6.45) is 4.91. The van der Waals surface area contributed by atoms with Crippen molar-refractivity contribution < 1.29 is 14.4 Å². The number of carbonyl (C=O) groups is 2. The van der Waals surface area contributed by atoms with Gasteiger partial charge in [0.25, 0.3) is 0 Å². The molecule has 0 saturated carbocycles. The Bertz CT molecular complexity index is 486. The van der Waals surface area contributed by atoms with Gasteiger partial charge in [-0.25, -0.2) is 5.48 Å². The van der Waals surface area contributed by atoms with Crippen LogP contribution < -0.4 is 11.2 Å². The fraction of sp³-hybridized carbons (Fsp3) is 0.429. The largest absolute Gasteiger partial charge is 0.368 e. The van der Waals surface area contributed by atoms with E-state index in [0.29, 0.717) is 0 Å². The maximum Gasteiger partial charge on any atom is 0.247 e. The van der Waals surface area contributed by atoms with Gasteiger partial charge in [0.1, 0.15) is 0 Å². The highest BCUT2D eigenvalue weighted by Crippen LogP contribution is 2.22. The summed E-state index contributed by atoms with van der Waals surface area (Å²) in [6, 6.07) is 6.15. The predicted octanol–water partition coefficient (Wildman–Crippen LogP) is 0.641. The number of primary amides is 1. The van der Waals surface area contributed by atoms with Crippen LogP contribution in [-0.4, -0.2) is 18.4 Å². The Balaban J connectivity index is 1.88. The highest BCUT2D eigenvalue weighted by molar-refractivity contribution is 5.78. The first-order chi connectivity index (χ1) is 9.15. The Hall–Kier alpha value is -1.88. The molecular formula is C14H18N2O3. The van der Waals surface area contributed by atoms with E-state index in [1.165, 1.54) is 24.0 Å². The van der Waals surface area contributed by atoms with Crippen molar-refractivity contribution in [1.29, 1.82) is 0 Å². The number of amides is 2. The molecule has 0 aromatic heterocycles. The molecule has 1 aromatic rings. The van der Waals surface area contributed by atoms with Gasteiger partial charge in [0.05, 0.1) is 6.42 Å². The highest BCUT2D eigenvalue weighted by Gasteiger charge is 2.11. The molecule has 3 N–H and O–H groups in total. The number of benzene rings is 1. The van der Waals surface area contributed by atoms with Gasteiger partial charge in [0.15, 0.2) is 6.61 Å². The first-order valence-corrected chi connectivity index (χ1v) is 6.45. The zero-order chi connectivity index (χ0) is 13.7. The van der Waals surface area contributed by atoms with Crippen molar-refractivity contribution in [2.24, 2.45) is 5.73 Å². The third-order valence-electron chi connectivity index (χ3n) is 3.18. The molecule has 1 aromatic carbocycles. The number of hydrogen-bond donors (Lipinski definition) is 2. The van der Waals surface area contributed by atoms with Crippen LogP contribution in [0.25, 0.3) is 0 Å². The molecule has 19 heavy (non-hydrogen) atoms. The number of nitrogens with two attached hydrogens (primary N) is 1. The summed E-state index contributed by atoms with van der Waals surface area (Å²) in [5.41, 5.74) is 10.8. The molecule has 0 heterocycles. The topological polar surface area (TPSA) is 81.4 Å². The van der Waals surface area contributed by atoms with E-state index in [2.05, 4.69) is 22.5 Å². The lowest BCUT2D eigenvalue weighted by Crippen LogP contribution is -2.30. The van der Waals surface area contributed by atoms with E-state index in [4.69, 9.17) is 5.73 Å². The summed E-state index contributed by atoms with van der Waals surface area (Å²) in [5.74, 6) is -0.897. The molecule has 0 bridgehead atoms. The summed E-state index contributed by atoms with van der Waals surface area (Å²) >= 11 is 0. The van der Waals surface area contributed by atoms with Crippen molar-refractivity contribution in [3.8, 4) is 0 Å². The van der Waals surface area contributed by atoms with Crippen LogP contribution >= 0.6 is 0 Å². The lowest BCUT2D eigenvalue weighted by Gasteiger charge is -2.16. The summed E-state index contributed by atoms with van der Waals surface area (Å²) < 4.78 is 0. The standard InChI is InChI=1S/C14H18N2O3/c15-13(17)9-19-16-14(18)8-10-5-6-11-3-1-2-4-12(11)7-10/h5-7H,1-4,8-9H2,(H2,15,17)(H,16,18). The molecule has 2 amide bonds. The Labute approximate surface area is 112 Å². The van der Waals surface area contributed by atoms with Crippen molar-refractivity contribution in [3.05, 3.63) is 34.9 Å².